The maximum Gasteiger partial charge on any atom is 0.248 e. The van der Waals surface area contributed by atoms with Crippen LogP contribution in [0.25, 0.3) is 0 Å². The van der Waals surface area contributed by atoms with Gasteiger partial charge in [-0.05, 0) is 42.3 Å². The number of benzene rings is 2. The molecule has 0 radical (unpaired) electrons. The summed E-state index contributed by atoms with van der Waals surface area (Å²) in [6.07, 6.45) is 0. The number of carbonyl (C=O) groups is 1. The molecule has 4 nitrogen and oxygen atoms in total. The van der Waals surface area contributed by atoms with E-state index in [-0.39, 0.29) is 5.82 Å². The zero-order chi connectivity index (χ0) is 15.4. The molecular weight excluding hydrogens is 271 g/mol. The summed E-state index contributed by atoms with van der Waals surface area (Å²) < 4.78 is 18.5. The summed E-state index contributed by atoms with van der Waals surface area (Å²) in [6.45, 7) is 2.20. The van der Waals surface area contributed by atoms with Gasteiger partial charge in [0.1, 0.15) is 11.6 Å². The highest BCUT2D eigenvalue weighted by Gasteiger charge is 2.08. The molecule has 0 aliphatic heterocycles. The average molecular weight is 288 g/mol. The molecule has 0 fully saturated rings. The molecule has 0 aromatic heterocycles. The topological polar surface area (TPSA) is 64.3 Å². The van der Waals surface area contributed by atoms with Crippen LogP contribution in [0.5, 0.6) is 5.75 Å². The molecule has 0 heterocycles. The van der Waals surface area contributed by atoms with Gasteiger partial charge in [0.15, 0.2) is 0 Å². The molecule has 0 atom stereocenters. The van der Waals surface area contributed by atoms with Crippen LogP contribution >= 0.6 is 0 Å². The Bertz CT molecular complexity index is 671. The fourth-order valence-electron chi connectivity index (χ4n) is 2.01. The van der Waals surface area contributed by atoms with Crippen LogP contribution in [0.4, 0.5) is 10.1 Å². The summed E-state index contributed by atoms with van der Waals surface area (Å²) in [5, 5.41) is 3.17. The Balaban J connectivity index is 2.19. The first-order valence-electron chi connectivity index (χ1n) is 6.48. The fourth-order valence-corrected chi connectivity index (χ4v) is 2.01. The van der Waals surface area contributed by atoms with Crippen LogP contribution in [0.15, 0.2) is 36.4 Å². The van der Waals surface area contributed by atoms with Gasteiger partial charge in [-0.15, -0.1) is 0 Å². The van der Waals surface area contributed by atoms with Crippen molar-refractivity contribution in [2.24, 2.45) is 5.73 Å². The molecule has 0 aliphatic carbocycles. The molecule has 0 saturated heterocycles. The summed E-state index contributed by atoms with van der Waals surface area (Å²) in [6, 6.07) is 9.83. The number of ether oxygens (including phenoxy) is 1. The van der Waals surface area contributed by atoms with Crippen LogP contribution in [0.1, 0.15) is 21.5 Å². The van der Waals surface area contributed by atoms with Gasteiger partial charge in [-0.1, -0.05) is 12.1 Å². The first-order chi connectivity index (χ1) is 10.0. The number of primary amides is 1. The molecule has 0 bridgehead atoms. The van der Waals surface area contributed by atoms with Crippen molar-refractivity contribution in [1.29, 1.82) is 0 Å². The average Bonchev–Trinajstić information content (AvgIpc) is 2.48. The fraction of sp³-hybridized carbons (Fsp3) is 0.188. The van der Waals surface area contributed by atoms with E-state index >= 15 is 0 Å². The minimum absolute atomic E-state index is 0.230. The van der Waals surface area contributed by atoms with E-state index in [9.17, 15) is 9.18 Å². The molecule has 0 spiro atoms. The van der Waals surface area contributed by atoms with E-state index in [1.807, 2.05) is 0 Å². The number of methoxy groups -OCH3 is 1. The van der Waals surface area contributed by atoms with E-state index < -0.39 is 5.91 Å². The highest BCUT2D eigenvalue weighted by molar-refractivity contribution is 5.94. The van der Waals surface area contributed by atoms with Gasteiger partial charge in [0.2, 0.25) is 5.91 Å². The van der Waals surface area contributed by atoms with Crippen molar-refractivity contribution in [3.8, 4) is 5.75 Å². The van der Waals surface area contributed by atoms with Crippen LogP contribution in [-0.4, -0.2) is 13.0 Å². The van der Waals surface area contributed by atoms with Gasteiger partial charge in [0.05, 0.1) is 12.8 Å². The number of nitrogens with two attached hydrogens (primary N) is 1. The van der Waals surface area contributed by atoms with Crippen molar-refractivity contribution in [1.82, 2.24) is 0 Å². The number of nitrogens with one attached hydrogen (secondary N) is 1. The third-order valence-corrected chi connectivity index (χ3v) is 3.19. The molecule has 0 aliphatic rings. The van der Waals surface area contributed by atoms with Gasteiger partial charge in [-0.25, -0.2) is 4.39 Å². The summed E-state index contributed by atoms with van der Waals surface area (Å²) in [5.74, 6) is -0.121. The zero-order valence-corrected chi connectivity index (χ0v) is 11.9. The number of hydrogen-bond acceptors (Lipinski definition) is 3. The van der Waals surface area contributed by atoms with Crippen LogP contribution in [0.2, 0.25) is 0 Å². The lowest BCUT2D eigenvalue weighted by Crippen LogP contribution is -2.11. The van der Waals surface area contributed by atoms with E-state index in [4.69, 9.17) is 10.5 Å². The Kier molecular flexibility index (Phi) is 4.42. The van der Waals surface area contributed by atoms with E-state index in [0.717, 1.165) is 5.56 Å². The summed E-state index contributed by atoms with van der Waals surface area (Å²) in [7, 11) is 1.55. The van der Waals surface area contributed by atoms with Crippen LogP contribution in [0.3, 0.4) is 0 Å². The molecule has 21 heavy (non-hydrogen) atoms. The van der Waals surface area contributed by atoms with Gasteiger partial charge >= 0.3 is 0 Å². The third kappa shape index (κ3) is 3.51. The molecule has 0 unspecified atom stereocenters. The summed E-state index contributed by atoms with van der Waals surface area (Å²) >= 11 is 0. The molecule has 3 N–H and O–H groups in total. The minimum atomic E-state index is -0.502. The Hall–Kier alpha value is -2.56. The van der Waals surface area contributed by atoms with E-state index in [1.54, 1.807) is 44.4 Å². The normalized spacial score (nSPS) is 10.2. The number of halogens is 1. The lowest BCUT2D eigenvalue weighted by Gasteiger charge is -2.12. The molecule has 0 saturated carbocycles. The molecular formula is C16H17FN2O2. The molecule has 2 aromatic rings. The molecule has 5 heteroatoms. The minimum Gasteiger partial charge on any atom is -0.495 e. The third-order valence-electron chi connectivity index (χ3n) is 3.19. The number of amides is 1. The predicted molar refractivity (Wildman–Crippen MR) is 80.0 cm³/mol. The maximum atomic E-state index is 13.2. The van der Waals surface area contributed by atoms with Crippen molar-refractivity contribution in [2.75, 3.05) is 12.4 Å². The Morgan fingerprint density at radius 1 is 1.29 bits per heavy atom. The van der Waals surface area contributed by atoms with Crippen molar-refractivity contribution in [2.45, 2.75) is 13.5 Å². The second-order valence-electron chi connectivity index (χ2n) is 4.72. The van der Waals surface area contributed by atoms with E-state index in [2.05, 4.69) is 5.32 Å². The van der Waals surface area contributed by atoms with Crippen LogP contribution < -0.4 is 15.8 Å². The second kappa shape index (κ2) is 6.26. The standard InChI is InChI=1S/C16H17FN2O2/c1-10-7-11(3-5-13(10)17)9-19-14-8-12(16(18)20)4-6-15(14)21-2/h3-8,19H,9H2,1-2H3,(H2,18,20). The zero-order valence-electron chi connectivity index (χ0n) is 11.9. The quantitative estimate of drug-likeness (QED) is 0.889. The van der Waals surface area contributed by atoms with E-state index in [1.165, 1.54) is 6.07 Å². The van der Waals surface area contributed by atoms with Crippen molar-refractivity contribution in [3.63, 3.8) is 0 Å². The number of aryl methyl sites for hydroxylation is 1. The van der Waals surface area contributed by atoms with Crippen LogP contribution in [0, 0.1) is 12.7 Å². The number of carbonyl (C=O) groups excluding carboxylic acids is 1. The first-order valence-corrected chi connectivity index (χ1v) is 6.48. The predicted octanol–water partition coefficient (Wildman–Crippen LogP) is 2.85. The number of hydrogen-bond donors (Lipinski definition) is 2. The monoisotopic (exact) mass is 288 g/mol. The van der Waals surface area contributed by atoms with Crippen molar-refractivity contribution in [3.05, 3.63) is 58.9 Å². The summed E-state index contributed by atoms with van der Waals surface area (Å²) in [5.41, 5.74) is 7.85. The van der Waals surface area contributed by atoms with Gasteiger partial charge in [-0.3, -0.25) is 4.79 Å². The number of rotatable bonds is 5. The molecule has 110 valence electrons. The Labute approximate surface area is 122 Å². The van der Waals surface area contributed by atoms with Gasteiger partial charge in [-0.2, -0.15) is 0 Å². The molecule has 1 amide bonds. The van der Waals surface area contributed by atoms with Crippen molar-refractivity contribution >= 4 is 11.6 Å². The smallest absolute Gasteiger partial charge is 0.248 e. The van der Waals surface area contributed by atoms with Crippen LogP contribution in [-0.2, 0) is 6.54 Å². The Morgan fingerprint density at radius 3 is 2.67 bits per heavy atom. The highest BCUT2D eigenvalue weighted by atomic mass is 19.1. The lowest BCUT2D eigenvalue weighted by molar-refractivity contribution is 0.100. The maximum absolute atomic E-state index is 13.2. The molecule has 2 rings (SSSR count). The first kappa shape index (κ1) is 14.8. The lowest BCUT2D eigenvalue weighted by atomic mass is 10.1. The molecule has 2 aromatic carbocycles. The Morgan fingerprint density at radius 2 is 2.05 bits per heavy atom. The number of anilines is 1. The van der Waals surface area contributed by atoms with Gasteiger partial charge in [0, 0.05) is 12.1 Å². The van der Waals surface area contributed by atoms with Gasteiger partial charge in [0.25, 0.3) is 0 Å². The SMILES string of the molecule is COc1ccc(C(N)=O)cc1NCc1ccc(F)c(C)c1. The van der Waals surface area contributed by atoms with E-state index in [0.29, 0.717) is 29.1 Å². The van der Waals surface area contributed by atoms with Gasteiger partial charge < -0.3 is 15.8 Å². The highest BCUT2D eigenvalue weighted by Crippen LogP contribution is 2.26. The summed E-state index contributed by atoms with van der Waals surface area (Å²) in [4.78, 5) is 11.2. The van der Waals surface area contributed by atoms with Crippen molar-refractivity contribution < 1.29 is 13.9 Å². The largest absolute Gasteiger partial charge is 0.495 e. The second-order valence-corrected chi connectivity index (χ2v) is 4.72.